The second-order valence-corrected chi connectivity index (χ2v) is 9.25. The number of amides is 1. The lowest BCUT2D eigenvalue weighted by molar-refractivity contribution is -0.139. The van der Waals surface area contributed by atoms with Crippen molar-refractivity contribution in [1.29, 1.82) is 0 Å². The summed E-state index contributed by atoms with van der Waals surface area (Å²) in [4.78, 5) is 26.0. The van der Waals surface area contributed by atoms with Gasteiger partial charge in [-0.3, -0.25) is 9.59 Å². The number of morpholine rings is 1. The van der Waals surface area contributed by atoms with Crippen molar-refractivity contribution < 1.29 is 24.5 Å². The molecule has 1 saturated heterocycles. The Morgan fingerprint density at radius 1 is 1.11 bits per heavy atom. The SMILES string of the molecule is CC(C)(C)c1cc(C(=O)N2CCOC[C@@H]2CC(=O)O)cc(C(C)(C)C)c1O. The Hall–Kier alpha value is -2.08. The second kappa shape index (κ2) is 7.50. The summed E-state index contributed by atoms with van der Waals surface area (Å²) in [5, 5.41) is 20.0. The van der Waals surface area contributed by atoms with Gasteiger partial charge in [-0.05, 0) is 23.0 Å². The Bertz CT molecular complexity index is 692. The van der Waals surface area contributed by atoms with E-state index in [0.717, 1.165) is 0 Å². The fraction of sp³-hybridized carbons (Fsp3) is 0.619. The Morgan fingerprint density at radius 3 is 2.07 bits per heavy atom. The number of phenols is 1. The summed E-state index contributed by atoms with van der Waals surface area (Å²) in [5.74, 6) is -0.962. The van der Waals surface area contributed by atoms with Crippen LogP contribution in [0.25, 0.3) is 0 Å². The highest BCUT2D eigenvalue weighted by Gasteiger charge is 2.33. The number of carbonyl (C=O) groups excluding carboxylic acids is 1. The van der Waals surface area contributed by atoms with Gasteiger partial charge in [-0.2, -0.15) is 0 Å². The van der Waals surface area contributed by atoms with E-state index < -0.39 is 12.0 Å². The van der Waals surface area contributed by atoms with Gasteiger partial charge in [0.15, 0.2) is 0 Å². The number of aliphatic carboxylic acids is 1. The normalized spacial score (nSPS) is 18.4. The van der Waals surface area contributed by atoms with Crippen LogP contribution in [0.3, 0.4) is 0 Å². The molecular formula is C21H31NO5. The van der Waals surface area contributed by atoms with Crippen LogP contribution in [0.2, 0.25) is 0 Å². The number of carbonyl (C=O) groups is 2. The van der Waals surface area contributed by atoms with E-state index in [1.54, 1.807) is 17.0 Å². The Kier molecular flexibility index (Phi) is 5.90. The molecule has 2 rings (SSSR count). The summed E-state index contributed by atoms with van der Waals surface area (Å²) in [6, 6.07) is 2.98. The number of nitrogens with zero attached hydrogens (tertiary/aromatic N) is 1. The Morgan fingerprint density at radius 2 is 1.63 bits per heavy atom. The minimum atomic E-state index is -0.959. The first kappa shape index (κ1) is 21.2. The quantitative estimate of drug-likeness (QED) is 0.844. The summed E-state index contributed by atoms with van der Waals surface area (Å²) in [7, 11) is 0. The van der Waals surface area contributed by atoms with Crippen LogP contribution in [0.4, 0.5) is 0 Å². The van der Waals surface area contributed by atoms with Gasteiger partial charge in [-0.25, -0.2) is 0 Å². The minimum Gasteiger partial charge on any atom is -0.507 e. The van der Waals surface area contributed by atoms with Gasteiger partial charge < -0.3 is 19.8 Å². The lowest BCUT2D eigenvalue weighted by Gasteiger charge is -2.35. The molecule has 1 fully saturated rings. The molecule has 1 aromatic carbocycles. The molecule has 27 heavy (non-hydrogen) atoms. The van der Waals surface area contributed by atoms with Crippen LogP contribution in [0.1, 0.15) is 69.4 Å². The van der Waals surface area contributed by atoms with Gasteiger partial charge >= 0.3 is 5.97 Å². The zero-order chi connectivity index (χ0) is 20.6. The van der Waals surface area contributed by atoms with Gasteiger partial charge in [-0.15, -0.1) is 0 Å². The van der Waals surface area contributed by atoms with Crippen molar-refractivity contribution in [2.24, 2.45) is 0 Å². The Labute approximate surface area is 161 Å². The molecule has 1 aliphatic rings. The molecule has 6 heteroatoms. The second-order valence-electron chi connectivity index (χ2n) is 9.25. The van der Waals surface area contributed by atoms with Crippen molar-refractivity contribution in [3.8, 4) is 5.75 Å². The standard InChI is InChI=1S/C21H31NO5/c1-20(2,3)15-9-13(10-16(18(15)25)21(4,5)6)19(26)22-7-8-27-12-14(22)11-17(23)24/h9-10,14,25H,7-8,11-12H2,1-6H3,(H,23,24)/t14-/m0/s1. The van der Waals surface area contributed by atoms with Crippen molar-refractivity contribution >= 4 is 11.9 Å². The topological polar surface area (TPSA) is 87.1 Å². The van der Waals surface area contributed by atoms with Crippen molar-refractivity contribution in [3.63, 3.8) is 0 Å². The van der Waals surface area contributed by atoms with Gasteiger partial charge in [0.05, 0.1) is 25.7 Å². The molecule has 0 bridgehead atoms. The molecular weight excluding hydrogens is 346 g/mol. The number of hydrogen-bond donors (Lipinski definition) is 2. The smallest absolute Gasteiger partial charge is 0.305 e. The third-order valence-electron chi connectivity index (χ3n) is 4.87. The third-order valence-corrected chi connectivity index (χ3v) is 4.87. The molecule has 0 spiro atoms. The predicted octanol–water partition coefficient (Wildman–Crippen LogP) is 3.30. The van der Waals surface area contributed by atoms with Crippen molar-refractivity contribution in [2.75, 3.05) is 19.8 Å². The van der Waals surface area contributed by atoms with E-state index in [1.165, 1.54) is 0 Å². The highest BCUT2D eigenvalue weighted by molar-refractivity contribution is 5.95. The summed E-state index contributed by atoms with van der Waals surface area (Å²) in [5.41, 5.74) is 1.21. The first-order valence-electron chi connectivity index (χ1n) is 9.31. The Balaban J connectivity index is 2.53. The first-order valence-corrected chi connectivity index (χ1v) is 9.31. The predicted molar refractivity (Wildman–Crippen MR) is 103 cm³/mol. The van der Waals surface area contributed by atoms with E-state index in [4.69, 9.17) is 9.84 Å². The van der Waals surface area contributed by atoms with Crippen LogP contribution in [-0.4, -0.2) is 52.8 Å². The largest absolute Gasteiger partial charge is 0.507 e. The average molecular weight is 377 g/mol. The van der Waals surface area contributed by atoms with E-state index in [1.807, 2.05) is 41.5 Å². The summed E-state index contributed by atoms with van der Waals surface area (Å²) >= 11 is 0. The number of carboxylic acids is 1. The van der Waals surface area contributed by atoms with Crippen molar-refractivity contribution in [1.82, 2.24) is 4.90 Å². The number of phenolic OH excluding ortho intramolecular Hbond substituents is 1. The molecule has 0 saturated carbocycles. The van der Waals surface area contributed by atoms with Gasteiger partial charge in [-0.1, -0.05) is 41.5 Å². The van der Waals surface area contributed by atoms with Gasteiger partial charge in [0, 0.05) is 23.2 Å². The summed E-state index contributed by atoms with van der Waals surface area (Å²) in [6.07, 6.45) is -0.151. The van der Waals surface area contributed by atoms with Crippen LogP contribution in [0, 0.1) is 0 Å². The molecule has 2 N–H and O–H groups in total. The molecule has 0 aromatic heterocycles. The fourth-order valence-corrected chi connectivity index (χ4v) is 3.36. The molecule has 1 heterocycles. The fourth-order valence-electron chi connectivity index (χ4n) is 3.36. The van der Waals surface area contributed by atoms with E-state index in [0.29, 0.717) is 29.8 Å². The zero-order valence-corrected chi connectivity index (χ0v) is 17.1. The van der Waals surface area contributed by atoms with Gasteiger partial charge in [0.2, 0.25) is 0 Å². The van der Waals surface area contributed by atoms with Gasteiger partial charge in [0.25, 0.3) is 5.91 Å². The molecule has 0 radical (unpaired) electrons. The monoisotopic (exact) mass is 377 g/mol. The summed E-state index contributed by atoms with van der Waals surface area (Å²) in [6.45, 7) is 12.9. The molecule has 0 aliphatic carbocycles. The number of rotatable bonds is 3. The summed E-state index contributed by atoms with van der Waals surface area (Å²) < 4.78 is 5.38. The van der Waals surface area contributed by atoms with Crippen LogP contribution in [0.15, 0.2) is 12.1 Å². The molecule has 1 aliphatic heterocycles. The third kappa shape index (κ3) is 4.80. The highest BCUT2D eigenvalue weighted by atomic mass is 16.5. The zero-order valence-electron chi connectivity index (χ0n) is 17.1. The number of carboxylic acid groups (broad SMARTS) is 1. The molecule has 1 atom stereocenters. The van der Waals surface area contributed by atoms with Gasteiger partial charge in [0.1, 0.15) is 5.75 Å². The first-order chi connectivity index (χ1) is 12.3. The van der Waals surface area contributed by atoms with E-state index in [9.17, 15) is 14.7 Å². The number of aromatic hydroxyl groups is 1. The number of hydrogen-bond acceptors (Lipinski definition) is 4. The van der Waals surface area contributed by atoms with E-state index >= 15 is 0 Å². The van der Waals surface area contributed by atoms with Crippen LogP contribution < -0.4 is 0 Å². The number of ether oxygens (including phenoxy) is 1. The molecule has 150 valence electrons. The number of benzene rings is 1. The minimum absolute atomic E-state index is 0.151. The molecule has 0 unspecified atom stereocenters. The van der Waals surface area contributed by atoms with E-state index in [2.05, 4.69) is 0 Å². The maximum Gasteiger partial charge on any atom is 0.305 e. The maximum atomic E-state index is 13.3. The lowest BCUT2D eigenvalue weighted by atomic mass is 9.78. The maximum absolute atomic E-state index is 13.3. The molecule has 1 amide bonds. The van der Waals surface area contributed by atoms with Crippen molar-refractivity contribution in [2.45, 2.75) is 64.8 Å². The molecule has 6 nitrogen and oxygen atoms in total. The van der Waals surface area contributed by atoms with Crippen molar-refractivity contribution in [3.05, 3.63) is 28.8 Å². The highest BCUT2D eigenvalue weighted by Crippen LogP contribution is 2.40. The van der Waals surface area contributed by atoms with Crippen LogP contribution >= 0.6 is 0 Å². The lowest BCUT2D eigenvalue weighted by Crippen LogP contribution is -2.49. The van der Waals surface area contributed by atoms with Crippen LogP contribution in [-0.2, 0) is 20.4 Å². The van der Waals surface area contributed by atoms with E-state index in [-0.39, 0.29) is 35.5 Å². The van der Waals surface area contributed by atoms with Crippen LogP contribution in [0.5, 0.6) is 5.75 Å². The molecule has 1 aromatic rings. The average Bonchev–Trinajstić information content (AvgIpc) is 2.52.